The zero-order valence-electron chi connectivity index (χ0n) is 18.9. The van der Waals surface area contributed by atoms with Crippen molar-refractivity contribution >= 4 is 40.8 Å². The highest BCUT2D eigenvalue weighted by atomic mass is 35.5. The van der Waals surface area contributed by atoms with E-state index in [1.807, 2.05) is 4.90 Å². The normalized spacial score (nSPS) is 18.9. The highest BCUT2D eigenvalue weighted by Crippen LogP contribution is 2.28. The molecular weight excluding hydrogens is 481 g/mol. The van der Waals surface area contributed by atoms with Crippen LogP contribution in [0.25, 0.3) is 0 Å². The molecule has 2 aromatic carbocycles. The third-order valence-corrected chi connectivity index (χ3v) is 6.19. The Bertz CT molecular complexity index is 1090. The number of carbonyl (C=O) groups excluding carboxylic acids is 3. The van der Waals surface area contributed by atoms with Crippen LogP contribution in [0.5, 0.6) is 0 Å². The van der Waals surface area contributed by atoms with Crippen molar-refractivity contribution in [3.63, 3.8) is 0 Å². The van der Waals surface area contributed by atoms with Crippen LogP contribution in [0.1, 0.15) is 23.2 Å². The fourth-order valence-electron chi connectivity index (χ4n) is 4.03. The molecule has 35 heavy (non-hydrogen) atoms. The van der Waals surface area contributed by atoms with E-state index in [9.17, 15) is 24.0 Å². The number of nitrogens with one attached hydrogen (secondary N) is 1. The number of halogens is 2. The molecule has 0 radical (unpaired) electrons. The molecule has 2 aromatic rings. The molecule has 1 N–H and O–H groups in total. The zero-order valence-corrected chi connectivity index (χ0v) is 19.6. The van der Waals surface area contributed by atoms with Crippen LogP contribution in [0, 0.1) is 11.0 Å². The molecule has 2 heterocycles. The number of hydrogen-bond acceptors (Lipinski definition) is 7. The molecule has 0 aliphatic carbocycles. The van der Waals surface area contributed by atoms with E-state index in [1.165, 1.54) is 11.0 Å². The van der Waals surface area contributed by atoms with E-state index in [2.05, 4.69) is 0 Å². The number of ketones is 1. The molecule has 186 valence electrons. The number of carbonyl (C=O) groups is 3. The monoisotopic (exact) mass is 505 g/mol. The molecule has 11 heteroatoms. The number of morpholine rings is 1. The Kier molecular flexibility index (Phi) is 7.97. The molecule has 2 atom stereocenters. The molecule has 2 aliphatic heterocycles. The number of nitrogens with zero attached hydrogens (tertiary/aromatic N) is 2. The smallest absolute Gasteiger partial charge is 0.414 e. The lowest BCUT2D eigenvalue weighted by atomic mass is 10.1. The van der Waals surface area contributed by atoms with Gasteiger partial charge in [-0.05, 0) is 42.5 Å². The van der Waals surface area contributed by atoms with Crippen molar-refractivity contribution in [3.05, 3.63) is 64.1 Å². The minimum Gasteiger partial charge on any atom is -0.627 e. The lowest BCUT2D eigenvalue weighted by molar-refractivity contribution is -0.769. The van der Waals surface area contributed by atoms with E-state index in [1.54, 1.807) is 36.4 Å². The number of anilines is 2. The summed E-state index contributed by atoms with van der Waals surface area (Å²) in [7, 11) is 0. The van der Waals surface area contributed by atoms with E-state index in [0.29, 0.717) is 48.3 Å². The Morgan fingerprint density at radius 3 is 2.51 bits per heavy atom. The number of rotatable bonds is 8. The fraction of sp³-hybridized carbons (Fsp3) is 0.375. The summed E-state index contributed by atoms with van der Waals surface area (Å²) in [5, 5.41) is 12.1. The summed E-state index contributed by atoms with van der Waals surface area (Å²) in [6, 6.07) is 10.7. The van der Waals surface area contributed by atoms with Crippen molar-refractivity contribution in [3.8, 4) is 0 Å². The third kappa shape index (κ3) is 6.15. The average Bonchev–Trinajstić information content (AvgIpc) is 3.22. The topological polar surface area (TPSA) is 104 Å². The molecule has 0 spiro atoms. The van der Waals surface area contributed by atoms with Crippen molar-refractivity contribution in [2.75, 3.05) is 49.2 Å². The van der Waals surface area contributed by atoms with Crippen LogP contribution < -0.4 is 14.9 Å². The molecule has 2 saturated heterocycles. The Hall–Kier alpha value is -3.05. The number of amides is 2. The van der Waals surface area contributed by atoms with Gasteiger partial charge in [-0.1, -0.05) is 11.6 Å². The predicted octanol–water partition coefficient (Wildman–Crippen LogP) is 2.21. The van der Waals surface area contributed by atoms with Crippen LogP contribution in [-0.4, -0.2) is 63.3 Å². The Morgan fingerprint density at radius 1 is 1.11 bits per heavy atom. The summed E-state index contributed by atoms with van der Waals surface area (Å²) in [6.45, 7) is 1.90. The summed E-state index contributed by atoms with van der Waals surface area (Å²) in [5.74, 6) is -1.45. The highest BCUT2D eigenvalue weighted by Gasteiger charge is 2.35. The molecule has 0 saturated carbocycles. The SMILES string of the molecule is O=C(CCC(=O)[NH+]([O-])C[C@H]1CN(c2ccc(N3CCOCC3)c(F)c2)C(=O)O1)c1ccc(Cl)cc1. The first kappa shape index (κ1) is 25.1. The minimum atomic E-state index is -0.840. The first-order chi connectivity index (χ1) is 16.8. The third-order valence-electron chi connectivity index (χ3n) is 5.94. The number of cyclic esters (lactones) is 1. The first-order valence-electron chi connectivity index (χ1n) is 11.3. The van der Waals surface area contributed by atoms with Gasteiger partial charge in [0, 0.05) is 30.1 Å². The summed E-state index contributed by atoms with van der Waals surface area (Å²) in [4.78, 5) is 39.9. The second-order valence-corrected chi connectivity index (χ2v) is 8.77. The molecule has 9 nitrogen and oxygen atoms in total. The van der Waals surface area contributed by atoms with Crippen LogP contribution in [0.15, 0.2) is 42.5 Å². The van der Waals surface area contributed by atoms with E-state index in [0.717, 1.165) is 0 Å². The largest absolute Gasteiger partial charge is 0.627 e. The van der Waals surface area contributed by atoms with Gasteiger partial charge in [-0.3, -0.25) is 9.69 Å². The van der Waals surface area contributed by atoms with Gasteiger partial charge >= 0.3 is 12.0 Å². The fourth-order valence-corrected chi connectivity index (χ4v) is 4.16. The Morgan fingerprint density at radius 2 is 1.83 bits per heavy atom. The van der Waals surface area contributed by atoms with E-state index >= 15 is 0 Å². The standard InChI is InChI=1S/C24H25ClFN3O6/c25-17-3-1-16(2-4-17)22(30)7-8-23(31)29(33)15-19-14-28(24(32)35-19)18-5-6-21(20(26)13-18)27-9-11-34-12-10-27/h1-6,13,19,29H,7-12,14-15H2/t19-/m1/s1. The van der Waals surface area contributed by atoms with Gasteiger partial charge in [-0.25, -0.2) is 14.0 Å². The van der Waals surface area contributed by atoms with Crippen molar-refractivity contribution in [1.29, 1.82) is 0 Å². The molecule has 4 rings (SSSR count). The van der Waals surface area contributed by atoms with Gasteiger partial charge < -0.3 is 24.6 Å². The van der Waals surface area contributed by atoms with Crippen LogP contribution in [0.3, 0.4) is 0 Å². The van der Waals surface area contributed by atoms with Crippen molar-refractivity contribution in [1.82, 2.24) is 0 Å². The van der Waals surface area contributed by atoms with Gasteiger partial charge in [-0.15, -0.1) is 0 Å². The first-order valence-corrected chi connectivity index (χ1v) is 11.6. The Labute approximate surface area is 206 Å². The number of benzene rings is 2. The van der Waals surface area contributed by atoms with Crippen molar-refractivity contribution < 1.29 is 33.3 Å². The van der Waals surface area contributed by atoms with Crippen molar-refractivity contribution in [2.45, 2.75) is 18.9 Å². The van der Waals surface area contributed by atoms with Gasteiger partial charge in [0.25, 0.3) is 0 Å². The molecule has 2 amide bonds. The highest BCUT2D eigenvalue weighted by molar-refractivity contribution is 6.30. The number of ether oxygens (including phenoxy) is 2. The minimum absolute atomic E-state index is 0.0118. The number of Topliss-reactive ketones (excluding diaryl/α,β-unsaturated/α-hetero) is 1. The van der Waals surface area contributed by atoms with Crippen molar-refractivity contribution in [2.24, 2.45) is 0 Å². The number of hydrogen-bond donors (Lipinski definition) is 1. The molecule has 2 fully saturated rings. The lowest BCUT2D eigenvalue weighted by Gasteiger charge is -2.29. The van der Waals surface area contributed by atoms with Crippen LogP contribution in [0.4, 0.5) is 20.6 Å². The lowest BCUT2D eigenvalue weighted by Crippen LogP contribution is -3.11. The summed E-state index contributed by atoms with van der Waals surface area (Å²) in [6.07, 6.45) is -1.91. The summed E-state index contributed by atoms with van der Waals surface area (Å²) < 4.78 is 25.2. The average molecular weight is 506 g/mol. The summed E-state index contributed by atoms with van der Waals surface area (Å²) in [5.41, 5.74) is 1.14. The second kappa shape index (κ2) is 11.1. The molecule has 2 aliphatic rings. The van der Waals surface area contributed by atoms with Gasteiger partial charge in [-0.2, -0.15) is 0 Å². The Balaban J connectivity index is 1.29. The van der Waals surface area contributed by atoms with Crippen LogP contribution >= 0.6 is 11.6 Å². The number of quaternary nitrogens is 1. The van der Waals surface area contributed by atoms with E-state index in [4.69, 9.17) is 21.1 Å². The van der Waals surface area contributed by atoms with Gasteiger partial charge in [0.1, 0.15) is 12.4 Å². The molecule has 1 unspecified atom stereocenters. The number of hydroxylamine groups is 2. The van der Waals surface area contributed by atoms with Gasteiger partial charge in [0.15, 0.2) is 11.9 Å². The van der Waals surface area contributed by atoms with Gasteiger partial charge in [0.05, 0.1) is 37.6 Å². The summed E-state index contributed by atoms with van der Waals surface area (Å²) >= 11 is 5.80. The molecular formula is C24H25ClFN3O6. The maximum absolute atomic E-state index is 14.7. The molecule has 0 aromatic heterocycles. The quantitative estimate of drug-likeness (QED) is 0.433. The van der Waals surface area contributed by atoms with Crippen LogP contribution in [0.2, 0.25) is 5.02 Å². The predicted molar refractivity (Wildman–Crippen MR) is 126 cm³/mol. The van der Waals surface area contributed by atoms with Gasteiger partial charge in [0.2, 0.25) is 0 Å². The van der Waals surface area contributed by atoms with E-state index < -0.39 is 29.0 Å². The second-order valence-electron chi connectivity index (χ2n) is 8.33. The maximum atomic E-state index is 14.7. The van der Waals surface area contributed by atoms with Crippen LogP contribution in [-0.2, 0) is 14.3 Å². The maximum Gasteiger partial charge on any atom is 0.414 e. The molecule has 0 bridgehead atoms. The van der Waals surface area contributed by atoms with E-state index in [-0.39, 0.29) is 31.7 Å². The zero-order chi connectivity index (χ0) is 24.9.